The van der Waals surface area contributed by atoms with Gasteiger partial charge < -0.3 is 9.74 Å². The lowest BCUT2D eigenvalue weighted by molar-refractivity contribution is -0.181. The highest BCUT2D eigenvalue weighted by molar-refractivity contribution is 6.21. The minimum absolute atomic E-state index is 0.181. The maximum atomic E-state index is 12.3. The Kier molecular flexibility index (Phi) is 3.01. The lowest BCUT2D eigenvalue weighted by Crippen LogP contribution is -2.43. The topological polar surface area (TPSA) is 84.0 Å². The molecule has 1 fully saturated rings. The van der Waals surface area contributed by atoms with E-state index in [4.69, 9.17) is 4.84 Å². The molecule has 7 nitrogen and oxygen atoms in total. The van der Waals surface area contributed by atoms with Gasteiger partial charge in [-0.1, -0.05) is 17.2 Å². The molecule has 1 aromatic rings. The van der Waals surface area contributed by atoms with Crippen LogP contribution in [0, 0.1) is 5.41 Å². The first-order valence-corrected chi connectivity index (χ1v) is 6.82. The van der Waals surface area contributed by atoms with Crippen LogP contribution in [0.25, 0.3) is 0 Å². The number of hydrogen-bond acceptors (Lipinski definition) is 5. The normalized spacial score (nSPS) is 24.0. The molecule has 1 aromatic carbocycles. The first kappa shape index (κ1) is 14.2. The van der Waals surface area contributed by atoms with Gasteiger partial charge in [-0.3, -0.25) is 14.4 Å². The van der Waals surface area contributed by atoms with Gasteiger partial charge in [-0.05, 0) is 25.5 Å². The summed E-state index contributed by atoms with van der Waals surface area (Å²) in [5.74, 6) is -2.67. The van der Waals surface area contributed by atoms with Crippen molar-refractivity contribution in [2.75, 3.05) is 13.6 Å². The Balaban J connectivity index is 1.83. The van der Waals surface area contributed by atoms with E-state index in [1.165, 1.54) is 24.0 Å². The van der Waals surface area contributed by atoms with Gasteiger partial charge in [0.2, 0.25) is 5.91 Å². The van der Waals surface area contributed by atoms with Crippen LogP contribution >= 0.6 is 0 Å². The quantitative estimate of drug-likeness (QED) is 0.590. The Bertz CT molecular complexity index is 679. The molecule has 0 N–H and O–H groups in total. The minimum atomic E-state index is -1.37. The van der Waals surface area contributed by atoms with Crippen LogP contribution in [0.15, 0.2) is 24.3 Å². The summed E-state index contributed by atoms with van der Waals surface area (Å²) in [4.78, 5) is 55.0. The molecule has 2 aliphatic heterocycles. The maximum Gasteiger partial charge on any atom is 0.348 e. The molecule has 0 bridgehead atoms. The van der Waals surface area contributed by atoms with E-state index in [-0.39, 0.29) is 23.5 Å². The summed E-state index contributed by atoms with van der Waals surface area (Å²) >= 11 is 0. The second-order valence-corrected chi connectivity index (χ2v) is 5.64. The third-order valence-corrected chi connectivity index (χ3v) is 4.15. The molecule has 114 valence electrons. The molecule has 1 atom stereocenters. The largest absolute Gasteiger partial charge is 0.348 e. The lowest BCUT2D eigenvalue weighted by Gasteiger charge is -2.22. The van der Waals surface area contributed by atoms with Crippen LogP contribution in [-0.2, 0) is 14.4 Å². The minimum Gasteiger partial charge on any atom is -0.345 e. The van der Waals surface area contributed by atoms with Gasteiger partial charge >= 0.3 is 5.97 Å². The van der Waals surface area contributed by atoms with Gasteiger partial charge in [-0.2, -0.15) is 0 Å². The zero-order chi connectivity index (χ0) is 16.1. The van der Waals surface area contributed by atoms with E-state index in [2.05, 4.69) is 0 Å². The summed E-state index contributed by atoms with van der Waals surface area (Å²) in [5, 5.41) is 0.434. The lowest BCUT2D eigenvalue weighted by atomic mass is 9.89. The smallest absolute Gasteiger partial charge is 0.345 e. The predicted octanol–water partition coefficient (Wildman–Crippen LogP) is 0.609. The number of fused-ring (bicyclic) bond motifs is 1. The SMILES string of the molecule is CN1CCC(C)(C(=O)ON2C(=O)c3ccccc3C2=O)C1=O. The number of carbonyl (C=O) groups excluding carboxylic acids is 4. The number of imide groups is 1. The molecular weight excluding hydrogens is 288 g/mol. The Morgan fingerprint density at radius 2 is 1.68 bits per heavy atom. The van der Waals surface area contributed by atoms with E-state index in [9.17, 15) is 19.2 Å². The fraction of sp³-hybridized carbons (Fsp3) is 0.333. The molecular formula is C15H14N2O5. The molecule has 2 aliphatic rings. The second kappa shape index (κ2) is 4.66. The van der Waals surface area contributed by atoms with E-state index in [1.807, 2.05) is 0 Å². The summed E-state index contributed by atoms with van der Waals surface area (Å²) in [5.41, 5.74) is -1.01. The molecule has 3 rings (SSSR count). The van der Waals surface area contributed by atoms with E-state index >= 15 is 0 Å². The monoisotopic (exact) mass is 302 g/mol. The van der Waals surface area contributed by atoms with Crippen molar-refractivity contribution in [3.63, 3.8) is 0 Å². The number of hydroxylamine groups is 2. The Morgan fingerprint density at radius 3 is 2.14 bits per heavy atom. The number of carbonyl (C=O) groups is 4. The average molecular weight is 302 g/mol. The standard InChI is InChI=1S/C15H14N2O5/c1-15(7-8-16(2)13(15)20)14(21)22-17-11(18)9-5-3-4-6-10(9)12(17)19/h3-6H,7-8H2,1-2H3. The van der Waals surface area contributed by atoms with Gasteiger partial charge in [0, 0.05) is 13.6 Å². The first-order valence-electron chi connectivity index (χ1n) is 6.82. The van der Waals surface area contributed by atoms with E-state index in [1.54, 1.807) is 19.2 Å². The van der Waals surface area contributed by atoms with Crippen molar-refractivity contribution in [2.24, 2.45) is 5.41 Å². The number of benzene rings is 1. The van der Waals surface area contributed by atoms with Crippen LogP contribution in [0.3, 0.4) is 0 Å². The van der Waals surface area contributed by atoms with Gasteiger partial charge in [0.1, 0.15) is 5.41 Å². The maximum absolute atomic E-state index is 12.3. The summed E-state index contributed by atoms with van der Waals surface area (Å²) in [7, 11) is 1.59. The highest BCUT2D eigenvalue weighted by Gasteiger charge is 2.51. The number of hydrogen-bond donors (Lipinski definition) is 0. The third-order valence-electron chi connectivity index (χ3n) is 4.15. The molecule has 7 heteroatoms. The molecule has 1 saturated heterocycles. The zero-order valence-electron chi connectivity index (χ0n) is 12.2. The first-order chi connectivity index (χ1) is 10.4. The zero-order valence-corrected chi connectivity index (χ0v) is 12.2. The molecule has 0 aliphatic carbocycles. The molecule has 22 heavy (non-hydrogen) atoms. The van der Waals surface area contributed by atoms with Crippen LogP contribution in [0.5, 0.6) is 0 Å². The van der Waals surface area contributed by atoms with Gasteiger partial charge in [0.25, 0.3) is 11.8 Å². The van der Waals surface area contributed by atoms with E-state index in [0.717, 1.165) is 0 Å². The van der Waals surface area contributed by atoms with Gasteiger partial charge in [-0.25, -0.2) is 4.79 Å². The van der Waals surface area contributed by atoms with Crippen molar-refractivity contribution >= 4 is 23.7 Å². The summed E-state index contributed by atoms with van der Waals surface area (Å²) in [6, 6.07) is 6.21. The molecule has 1 unspecified atom stereocenters. The second-order valence-electron chi connectivity index (χ2n) is 5.64. The van der Waals surface area contributed by atoms with Crippen LogP contribution < -0.4 is 0 Å². The molecule has 3 amide bonds. The van der Waals surface area contributed by atoms with Crippen molar-refractivity contribution in [1.29, 1.82) is 0 Å². The molecule has 0 radical (unpaired) electrons. The molecule has 0 saturated carbocycles. The Morgan fingerprint density at radius 1 is 1.14 bits per heavy atom. The fourth-order valence-electron chi connectivity index (χ4n) is 2.64. The molecule has 2 heterocycles. The molecule has 0 spiro atoms. The Labute approximate surface area is 126 Å². The van der Waals surface area contributed by atoms with Crippen molar-refractivity contribution in [3.05, 3.63) is 35.4 Å². The number of rotatable bonds is 2. The molecule has 0 aromatic heterocycles. The van der Waals surface area contributed by atoms with E-state index < -0.39 is 23.2 Å². The van der Waals surface area contributed by atoms with Crippen LogP contribution in [-0.4, -0.2) is 47.2 Å². The number of nitrogens with zero attached hydrogens (tertiary/aromatic N) is 2. The van der Waals surface area contributed by atoms with Crippen LogP contribution in [0.2, 0.25) is 0 Å². The van der Waals surface area contributed by atoms with Crippen LogP contribution in [0.4, 0.5) is 0 Å². The fourth-order valence-corrected chi connectivity index (χ4v) is 2.64. The van der Waals surface area contributed by atoms with Crippen molar-refractivity contribution in [3.8, 4) is 0 Å². The van der Waals surface area contributed by atoms with E-state index in [0.29, 0.717) is 11.6 Å². The Hall–Kier alpha value is -2.70. The summed E-state index contributed by atoms with van der Waals surface area (Å²) in [6.45, 7) is 1.88. The van der Waals surface area contributed by atoms with Gasteiger partial charge in [-0.15, -0.1) is 0 Å². The predicted molar refractivity (Wildman–Crippen MR) is 73.4 cm³/mol. The van der Waals surface area contributed by atoms with Gasteiger partial charge in [0.05, 0.1) is 11.1 Å². The summed E-state index contributed by atoms with van der Waals surface area (Å²) in [6.07, 6.45) is 0.282. The van der Waals surface area contributed by atoms with Crippen molar-refractivity contribution in [1.82, 2.24) is 9.96 Å². The average Bonchev–Trinajstić information content (AvgIpc) is 2.92. The third kappa shape index (κ3) is 1.82. The van der Waals surface area contributed by atoms with Crippen LogP contribution in [0.1, 0.15) is 34.1 Å². The van der Waals surface area contributed by atoms with Crippen molar-refractivity contribution < 1.29 is 24.0 Å². The highest BCUT2D eigenvalue weighted by Crippen LogP contribution is 2.33. The van der Waals surface area contributed by atoms with Crippen molar-refractivity contribution in [2.45, 2.75) is 13.3 Å². The highest BCUT2D eigenvalue weighted by atomic mass is 16.7. The number of likely N-dealkylation sites (tertiary alicyclic amines) is 1. The number of amides is 3. The summed E-state index contributed by atoms with van der Waals surface area (Å²) < 4.78 is 0. The van der Waals surface area contributed by atoms with Gasteiger partial charge in [0.15, 0.2) is 0 Å².